The summed E-state index contributed by atoms with van der Waals surface area (Å²) in [5.74, 6) is 5.67. The van der Waals surface area contributed by atoms with Gasteiger partial charge in [0, 0.05) is 24.8 Å². The van der Waals surface area contributed by atoms with Crippen molar-refractivity contribution in [2.75, 3.05) is 36.0 Å². The van der Waals surface area contributed by atoms with E-state index < -0.39 is 0 Å². The van der Waals surface area contributed by atoms with Crippen molar-refractivity contribution in [3.63, 3.8) is 0 Å². The smallest absolute Gasteiger partial charge is 0.244 e. The van der Waals surface area contributed by atoms with Gasteiger partial charge >= 0.3 is 0 Å². The first kappa shape index (κ1) is 12.3. The van der Waals surface area contributed by atoms with Crippen LogP contribution < -0.4 is 10.6 Å². The van der Waals surface area contributed by atoms with Crippen molar-refractivity contribution in [2.45, 2.75) is 25.2 Å². The Morgan fingerprint density at radius 1 is 1.33 bits per heavy atom. The van der Waals surface area contributed by atoms with E-state index in [1.807, 2.05) is 11.8 Å². The van der Waals surface area contributed by atoms with Crippen molar-refractivity contribution >= 4 is 17.7 Å². The Morgan fingerprint density at radius 2 is 2.17 bits per heavy atom. The molecule has 1 unspecified atom stereocenters. The van der Waals surface area contributed by atoms with E-state index in [0.29, 0.717) is 11.8 Å². The zero-order valence-corrected chi connectivity index (χ0v) is 11.5. The number of aromatic amines is 1. The number of piperidine rings is 1. The lowest BCUT2D eigenvalue weighted by molar-refractivity contribution is 0.411. The molecule has 0 aliphatic carbocycles. The number of H-pyrrole nitrogens is 1. The van der Waals surface area contributed by atoms with E-state index in [9.17, 15) is 0 Å². The second kappa shape index (κ2) is 5.48. The molecule has 100 valence electrons. The van der Waals surface area contributed by atoms with Crippen LogP contribution in [0.15, 0.2) is 0 Å². The van der Waals surface area contributed by atoms with E-state index in [1.165, 1.54) is 30.8 Å². The highest BCUT2D eigenvalue weighted by Gasteiger charge is 2.24. The summed E-state index contributed by atoms with van der Waals surface area (Å²) in [6.45, 7) is 2.89. The molecule has 0 bridgehead atoms. The number of nitrogens with one attached hydrogen (secondary N) is 1. The average Bonchev–Trinajstić information content (AvgIpc) is 3.09. The minimum Gasteiger partial charge on any atom is -0.340 e. The zero-order chi connectivity index (χ0) is 12.4. The third-order valence-electron chi connectivity index (χ3n) is 4.04. The van der Waals surface area contributed by atoms with Crippen LogP contribution in [0.5, 0.6) is 0 Å². The summed E-state index contributed by atoms with van der Waals surface area (Å²) in [5, 5.41) is 7.51. The molecule has 3 rings (SSSR count). The van der Waals surface area contributed by atoms with Gasteiger partial charge in [-0.1, -0.05) is 0 Å². The van der Waals surface area contributed by atoms with Crippen LogP contribution in [0.25, 0.3) is 0 Å². The molecule has 0 radical (unpaired) electrons. The highest BCUT2D eigenvalue weighted by atomic mass is 32.2. The van der Waals surface area contributed by atoms with Crippen molar-refractivity contribution in [2.24, 2.45) is 11.7 Å². The summed E-state index contributed by atoms with van der Waals surface area (Å²) >= 11 is 2.01. The van der Waals surface area contributed by atoms with Crippen LogP contribution in [-0.2, 0) is 0 Å². The third-order valence-corrected chi connectivity index (χ3v) is 5.20. The molecule has 1 atom stereocenters. The lowest BCUT2D eigenvalue weighted by Gasteiger charge is -2.30. The molecule has 0 saturated carbocycles. The molecule has 6 heteroatoms. The van der Waals surface area contributed by atoms with E-state index in [0.717, 1.165) is 31.4 Å². The number of thioether (sulfide) groups is 1. The molecule has 3 N–H and O–H groups in total. The molecule has 2 aliphatic heterocycles. The second-order valence-corrected chi connectivity index (χ2v) is 6.40. The van der Waals surface area contributed by atoms with Gasteiger partial charge < -0.3 is 10.6 Å². The average molecular weight is 267 g/mol. The van der Waals surface area contributed by atoms with Crippen molar-refractivity contribution in [3.05, 3.63) is 5.82 Å². The summed E-state index contributed by atoms with van der Waals surface area (Å²) in [4.78, 5) is 6.97. The normalized spacial score (nSPS) is 25.8. The molecule has 5 nitrogen and oxygen atoms in total. The van der Waals surface area contributed by atoms with Crippen LogP contribution in [0.3, 0.4) is 0 Å². The number of nitrogens with two attached hydrogens (primary N) is 1. The maximum Gasteiger partial charge on any atom is 0.244 e. The van der Waals surface area contributed by atoms with Gasteiger partial charge in [0.05, 0.1) is 0 Å². The van der Waals surface area contributed by atoms with E-state index >= 15 is 0 Å². The van der Waals surface area contributed by atoms with Crippen LogP contribution >= 0.6 is 11.8 Å². The topological polar surface area (TPSA) is 70.8 Å². The molecule has 2 saturated heterocycles. The van der Waals surface area contributed by atoms with Gasteiger partial charge in [-0.25, -0.2) is 0 Å². The summed E-state index contributed by atoms with van der Waals surface area (Å²) in [6, 6.07) is 0. The van der Waals surface area contributed by atoms with E-state index in [1.54, 1.807) is 0 Å². The van der Waals surface area contributed by atoms with E-state index in [2.05, 4.69) is 20.1 Å². The van der Waals surface area contributed by atoms with Gasteiger partial charge in [0.25, 0.3) is 0 Å². The number of hydrogen-bond acceptors (Lipinski definition) is 5. The molecule has 1 aromatic rings. The first-order valence-electron chi connectivity index (χ1n) is 6.82. The Balaban J connectivity index is 1.62. The second-order valence-electron chi connectivity index (χ2n) is 5.25. The van der Waals surface area contributed by atoms with Crippen LogP contribution in [0.1, 0.15) is 31.0 Å². The van der Waals surface area contributed by atoms with Crippen molar-refractivity contribution in [3.8, 4) is 0 Å². The quantitative estimate of drug-likeness (QED) is 0.861. The Labute approximate surface area is 112 Å². The third kappa shape index (κ3) is 2.49. The Hall–Kier alpha value is -0.750. The molecule has 0 amide bonds. The number of aromatic nitrogens is 3. The molecule has 0 aromatic carbocycles. The van der Waals surface area contributed by atoms with Gasteiger partial charge in [0.1, 0.15) is 5.82 Å². The van der Waals surface area contributed by atoms with Crippen LogP contribution in [0, 0.1) is 5.92 Å². The predicted octanol–water partition coefficient (Wildman–Crippen LogP) is 1.20. The summed E-state index contributed by atoms with van der Waals surface area (Å²) in [6.07, 6.45) is 3.56. The van der Waals surface area contributed by atoms with Gasteiger partial charge in [-0.2, -0.15) is 16.7 Å². The maximum atomic E-state index is 5.72. The Kier molecular flexibility index (Phi) is 3.75. The highest BCUT2D eigenvalue weighted by Crippen LogP contribution is 2.31. The number of rotatable bonds is 3. The highest BCUT2D eigenvalue weighted by molar-refractivity contribution is 7.99. The van der Waals surface area contributed by atoms with Gasteiger partial charge in [0.15, 0.2) is 0 Å². The SMILES string of the molecule is NCC1CCN(c2n[nH]c(C3CCSC3)n2)CC1. The zero-order valence-electron chi connectivity index (χ0n) is 10.6. The minimum atomic E-state index is 0.581. The van der Waals surface area contributed by atoms with Gasteiger partial charge in [-0.3, -0.25) is 5.10 Å². The van der Waals surface area contributed by atoms with Crippen molar-refractivity contribution in [1.29, 1.82) is 0 Å². The van der Waals surface area contributed by atoms with Gasteiger partial charge in [0.2, 0.25) is 5.95 Å². The standard InChI is InChI=1S/C12H21N5S/c13-7-9-1-4-17(5-2-9)12-14-11(15-16-12)10-3-6-18-8-10/h9-10H,1-8,13H2,(H,14,15,16). The first-order valence-corrected chi connectivity index (χ1v) is 7.97. The van der Waals surface area contributed by atoms with Crippen molar-refractivity contribution in [1.82, 2.24) is 15.2 Å². The predicted molar refractivity (Wildman–Crippen MR) is 75.1 cm³/mol. The summed E-state index contributed by atoms with van der Waals surface area (Å²) in [7, 11) is 0. The van der Waals surface area contributed by atoms with Crippen molar-refractivity contribution < 1.29 is 0 Å². The van der Waals surface area contributed by atoms with Crippen LogP contribution in [0.4, 0.5) is 5.95 Å². The summed E-state index contributed by atoms with van der Waals surface area (Å²) < 4.78 is 0. The Bertz CT molecular complexity index is 380. The van der Waals surface area contributed by atoms with E-state index in [-0.39, 0.29) is 0 Å². The number of nitrogens with zero attached hydrogens (tertiary/aromatic N) is 3. The molecule has 0 spiro atoms. The van der Waals surface area contributed by atoms with Crippen LogP contribution in [0.2, 0.25) is 0 Å². The maximum absolute atomic E-state index is 5.72. The first-order chi connectivity index (χ1) is 8.86. The minimum absolute atomic E-state index is 0.581. The fourth-order valence-corrected chi connectivity index (χ4v) is 3.93. The monoisotopic (exact) mass is 267 g/mol. The Morgan fingerprint density at radius 3 is 2.83 bits per heavy atom. The molecule has 2 fully saturated rings. The lowest BCUT2D eigenvalue weighted by Crippen LogP contribution is -2.36. The molecule has 2 aliphatic rings. The van der Waals surface area contributed by atoms with Crippen LogP contribution in [-0.4, -0.2) is 46.3 Å². The largest absolute Gasteiger partial charge is 0.340 e. The number of hydrogen-bond donors (Lipinski definition) is 2. The fraction of sp³-hybridized carbons (Fsp3) is 0.833. The summed E-state index contributed by atoms with van der Waals surface area (Å²) in [5.41, 5.74) is 5.72. The molecular formula is C12H21N5S. The number of anilines is 1. The van der Waals surface area contributed by atoms with E-state index in [4.69, 9.17) is 5.73 Å². The molecule has 3 heterocycles. The van der Waals surface area contributed by atoms with Gasteiger partial charge in [-0.05, 0) is 37.5 Å². The molecule has 18 heavy (non-hydrogen) atoms. The molecular weight excluding hydrogens is 246 g/mol. The fourth-order valence-electron chi connectivity index (χ4n) is 2.71. The lowest BCUT2D eigenvalue weighted by atomic mass is 9.97. The van der Waals surface area contributed by atoms with Gasteiger partial charge in [-0.15, -0.1) is 5.10 Å². The molecule has 1 aromatic heterocycles.